The second-order valence-corrected chi connectivity index (χ2v) is 4.36. The summed E-state index contributed by atoms with van der Waals surface area (Å²) in [4.78, 5) is 0. The van der Waals surface area contributed by atoms with Crippen LogP contribution in [-0.2, 0) is 0 Å². The van der Waals surface area contributed by atoms with Crippen molar-refractivity contribution in [2.45, 2.75) is 24.6 Å². The summed E-state index contributed by atoms with van der Waals surface area (Å²) < 4.78 is 36.1. The zero-order chi connectivity index (χ0) is 12.5. The Morgan fingerprint density at radius 3 is 1.88 bits per heavy atom. The summed E-state index contributed by atoms with van der Waals surface area (Å²) >= 11 is 0. The number of halogens is 3. The predicted molar refractivity (Wildman–Crippen MR) is 58.5 cm³/mol. The summed E-state index contributed by atoms with van der Waals surface area (Å²) in [7, 11) is 0. The number of rotatable bonds is 0. The maximum atomic E-state index is 12.0. The van der Waals surface area contributed by atoms with E-state index in [1.165, 1.54) is 11.1 Å². The van der Waals surface area contributed by atoms with Gasteiger partial charge in [-0.3, -0.25) is 0 Å². The Morgan fingerprint density at radius 1 is 1.12 bits per heavy atom. The lowest BCUT2D eigenvalue weighted by molar-refractivity contribution is -0.267. The zero-order valence-corrected chi connectivity index (χ0v) is 9.22. The van der Waals surface area contributed by atoms with E-state index in [1.54, 1.807) is 0 Å². The lowest BCUT2D eigenvalue weighted by Gasteiger charge is -2.34. The van der Waals surface area contributed by atoms with Crippen LogP contribution in [0.25, 0.3) is 11.1 Å². The molecular weight excluding hydrogens is 231 g/mol. The van der Waals surface area contributed by atoms with Gasteiger partial charge < -0.3 is 10.4 Å². The Morgan fingerprint density at radius 2 is 1.65 bits per heavy atom. The molecule has 0 amide bonds. The molecule has 94 valence electrons. The quantitative estimate of drug-likeness (QED) is 0.746. The molecule has 0 aromatic heterocycles. The largest absolute Gasteiger partial charge is 0.417 e. The van der Waals surface area contributed by atoms with Crippen LogP contribution < -0.4 is 5.32 Å². The highest BCUT2D eigenvalue weighted by molar-refractivity contribution is 5.80. The number of hydrogen-bond donors (Lipinski definition) is 2. The summed E-state index contributed by atoms with van der Waals surface area (Å²) in [5.74, 6) is 0. The Bertz CT molecular complexity index is 380. The first-order valence-corrected chi connectivity index (χ1v) is 5.53. The zero-order valence-electron chi connectivity index (χ0n) is 9.22. The molecule has 0 aromatic carbocycles. The van der Waals surface area contributed by atoms with Crippen LogP contribution in [0, 0.1) is 0 Å². The lowest BCUT2D eigenvalue weighted by atomic mass is 9.92. The first kappa shape index (κ1) is 12.4. The molecule has 1 saturated heterocycles. The van der Waals surface area contributed by atoms with Gasteiger partial charge in [-0.05, 0) is 43.1 Å². The minimum Gasteiger partial charge on any atom is -0.380 e. The van der Waals surface area contributed by atoms with Crippen molar-refractivity contribution in [2.24, 2.45) is 0 Å². The van der Waals surface area contributed by atoms with Crippen LogP contribution in [0.3, 0.4) is 0 Å². The van der Waals surface area contributed by atoms with Gasteiger partial charge in [-0.15, -0.1) is 0 Å². The molecule has 3 aliphatic rings. The van der Waals surface area contributed by atoms with E-state index >= 15 is 0 Å². The standard InChI is InChI=1S/C6H10F3NO.C6H4/c7-6(8,9)5(11)1-3-10-4-2-5;1-2-5-4-6(5)3-1/h10-11H,1-4H2;1-4H. The molecule has 2 nitrogen and oxygen atoms in total. The predicted octanol–water partition coefficient (Wildman–Crippen LogP) is 2.33. The highest BCUT2D eigenvalue weighted by Gasteiger charge is 2.53. The molecule has 3 rings (SSSR count). The molecule has 0 saturated carbocycles. The van der Waals surface area contributed by atoms with Gasteiger partial charge in [0.05, 0.1) is 0 Å². The van der Waals surface area contributed by atoms with E-state index < -0.39 is 11.8 Å². The van der Waals surface area contributed by atoms with Crippen molar-refractivity contribution in [1.29, 1.82) is 0 Å². The summed E-state index contributed by atoms with van der Waals surface area (Å²) in [6, 6.07) is 8.48. The molecule has 1 heterocycles. The molecule has 2 aliphatic carbocycles. The van der Waals surface area contributed by atoms with Crippen molar-refractivity contribution in [3.63, 3.8) is 0 Å². The topological polar surface area (TPSA) is 32.3 Å². The molecule has 0 unspecified atom stereocenters. The highest BCUT2D eigenvalue weighted by atomic mass is 19.4. The SMILES string of the molecule is OC1(C(F)(F)F)CCNCC1.c1cc2cc-2c1. The van der Waals surface area contributed by atoms with Gasteiger partial charge in [0.2, 0.25) is 0 Å². The molecule has 0 radical (unpaired) electrons. The van der Waals surface area contributed by atoms with Gasteiger partial charge in [0.1, 0.15) is 0 Å². The molecule has 0 aromatic rings. The van der Waals surface area contributed by atoms with Crippen LogP contribution in [0.4, 0.5) is 13.2 Å². The van der Waals surface area contributed by atoms with Gasteiger partial charge in [0.25, 0.3) is 0 Å². The first-order chi connectivity index (χ1) is 7.92. The smallest absolute Gasteiger partial charge is 0.380 e. The molecule has 5 heteroatoms. The van der Waals surface area contributed by atoms with Crippen molar-refractivity contribution in [3.8, 4) is 11.1 Å². The van der Waals surface area contributed by atoms with Crippen LogP contribution in [-0.4, -0.2) is 30.0 Å². The van der Waals surface area contributed by atoms with E-state index in [2.05, 4.69) is 29.6 Å². The van der Waals surface area contributed by atoms with Gasteiger partial charge in [-0.25, -0.2) is 0 Å². The van der Waals surface area contributed by atoms with Crippen molar-refractivity contribution in [3.05, 3.63) is 24.3 Å². The number of piperidine rings is 1. The second-order valence-electron chi connectivity index (χ2n) is 4.36. The molecule has 0 bridgehead atoms. The number of hydrogen-bond acceptors (Lipinski definition) is 2. The maximum Gasteiger partial charge on any atom is 0.417 e. The maximum absolute atomic E-state index is 12.0. The molecule has 1 fully saturated rings. The number of benzene rings is 1. The number of nitrogens with one attached hydrogen (secondary N) is 1. The van der Waals surface area contributed by atoms with Crippen molar-refractivity contribution in [1.82, 2.24) is 5.32 Å². The van der Waals surface area contributed by atoms with Crippen LogP contribution in [0.2, 0.25) is 0 Å². The summed E-state index contributed by atoms with van der Waals surface area (Å²) in [6.45, 7) is 0.464. The van der Waals surface area contributed by atoms with Crippen molar-refractivity contribution in [2.75, 3.05) is 13.1 Å². The Kier molecular flexibility index (Phi) is 3.14. The van der Waals surface area contributed by atoms with E-state index in [4.69, 9.17) is 5.11 Å². The number of alkyl halides is 3. The van der Waals surface area contributed by atoms with Crippen molar-refractivity contribution < 1.29 is 18.3 Å². The Balaban J connectivity index is 0.000000148. The average Bonchev–Trinajstić information content (AvgIpc) is 2.86. The van der Waals surface area contributed by atoms with Crippen LogP contribution in [0.1, 0.15) is 12.8 Å². The fraction of sp³-hybridized carbons (Fsp3) is 0.500. The third-order valence-corrected chi connectivity index (χ3v) is 3.07. The third kappa shape index (κ3) is 2.79. The summed E-state index contributed by atoms with van der Waals surface area (Å²) in [5.41, 5.74) is 0.406. The highest BCUT2D eigenvalue weighted by Crippen LogP contribution is 2.36. The number of fused-ring (bicyclic) bond motifs is 1. The minimum atomic E-state index is -4.48. The van der Waals surface area contributed by atoms with E-state index in [1.807, 2.05) is 0 Å². The van der Waals surface area contributed by atoms with Gasteiger partial charge >= 0.3 is 6.18 Å². The Labute approximate surface area is 97.5 Å². The van der Waals surface area contributed by atoms with E-state index in [-0.39, 0.29) is 25.9 Å². The van der Waals surface area contributed by atoms with Gasteiger partial charge in [0.15, 0.2) is 5.60 Å². The summed E-state index contributed by atoms with van der Waals surface area (Å²) in [6.07, 6.45) is -4.96. The van der Waals surface area contributed by atoms with Crippen LogP contribution in [0.5, 0.6) is 0 Å². The summed E-state index contributed by atoms with van der Waals surface area (Å²) in [5, 5.41) is 11.8. The molecule has 17 heavy (non-hydrogen) atoms. The fourth-order valence-corrected chi connectivity index (χ4v) is 1.80. The molecule has 0 atom stereocenters. The molecule has 2 N–H and O–H groups in total. The molecular formula is C12H14F3NO. The van der Waals surface area contributed by atoms with Crippen molar-refractivity contribution >= 4 is 0 Å². The Hall–Kier alpha value is -1.07. The fourth-order valence-electron chi connectivity index (χ4n) is 1.80. The number of aliphatic hydroxyl groups is 1. The average molecular weight is 245 g/mol. The van der Waals surface area contributed by atoms with Crippen LogP contribution in [0.15, 0.2) is 24.3 Å². The molecule has 1 aliphatic heterocycles. The normalized spacial score (nSPS) is 20.2. The third-order valence-electron chi connectivity index (χ3n) is 3.07. The van der Waals surface area contributed by atoms with Gasteiger partial charge in [-0.2, -0.15) is 13.2 Å². The second kappa shape index (κ2) is 4.31. The van der Waals surface area contributed by atoms with E-state index in [0.717, 1.165) is 0 Å². The van der Waals surface area contributed by atoms with Gasteiger partial charge in [-0.1, -0.05) is 18.2 Å². The lowest BCUT2D eigenvalue weighted by Crippen LogP contribution is -2.52. The monoisotopic (exact) mass is 245 g/mol. The van der Waals surface area contributed by atoms with Gasteiger partial charge in [0, 0.05) is 0 Å². The van der Waals surface area contributed by atoms with E-state index in [0.29, 0.717) is 0 Å². The van der Waals surface area contributed by atoms with E-state index in [9.17, 15) is 13.2 Å². The first-order valence-electron chi connectivity index (χ1n) is 5.53. The molecule has 0 spiro atoms. The van der Waals surface area contributed by atoms with Crippen LogP contribution >= 0.6 is 0 Å². The minimum absolute atomic E-state index is 0.232.